The van der Waals surface area contributed by atoms with Gasteiger partial charge in [0.2, 0.25) is 0 Å². The summed E-state index contributed by atoms with van der Waals surface area (Å²) in [5, 5.41) is 3.24. The van der Waals surface area contributed by atoms with Crippen molar-refractivity contribution in [3.8, 4) is 5.75 Å². The minimum atomic E-state index is -0.264. The molecule has 0 aromatic heterocycles. The molecule has 1 N–H and O–H groups in total. The third kappa shape index (κ3) is 3.89. The van der Waals surface area contributed by atoms with E-state index < -0.39 is 0 Å². The number of hydrogen-bond acceptors (Lipinski definition) is 4. The molecule has 100 valence electrons. The highest BCUT2D eigenvalue weighted by Gasteiger charge is 2.17. The van der Waals surface area contributed by atoms with Gasteiger partial charge in [-0.1, -0.05) is 0 Å². The first kappa shape index (κ1) is 14.8. The normalized spacial score (nSPS) is 17.9. The summed E-state index contributed by atoms with van der Waals surface area (Å²) in [6, 6.07) is 6.95. The number of carbonyl (C=O) groups is 1. The van der Waals surface area contributed by atoms with Gasteiger partial charge in [0.05, 0.1) is 19.3 Å². The molecule has 0 bridgehead atoms. The topological polar surface area (TPSA) is 47.6 Å². The van der Waals surface area contributed by atoms with Crippen molar-refractivity contribution in [1.82, 2.24) is 5.32 Å². The summed E-state index contributed by atoms with van der Waals surface area (Å²) in [5.41, 5.74) is 0.566. The Bertz CT molecular complexity index is 374. The Morgan fingerprint density at radius 2 is 2.11 bits per heavy atom. The molecular weight excluding hydrogens is 254 g/mol. The molecule has 0 aliphatic carbocycles. The highest BCUT2D eigenvalue weighted by atomic mass is 35.5. The van der Waals surface area contributed by atoms with Gasteiger partial charge in [0.15, 0.2) is 0 Å². The van der Waals surface area contributed by atoms with E-state index in [0.29, 0.717) is 18.1 Å². The maximum absolute atomic E-state index is 11.7. The molecule has 18 heavy (non-hydrogen) atoms. The number of hydrogen-bond donors (Lipinski definition) is 1. The maximum atomic E-state index is 11.7. The van der Waals surface area contributed by atoms with Crippen molar-refractivity contribution in [3.05, 3.63) is 29.8 Å². The number of rotatable bonds is 4. The molecule has 1 fully saturated rings. The van der Waals surface area contributed by atoms with Gasteiger partial charge in [0.1, 0.15) is 5.75 Å². The lowest BCUT2D eigenvalue weighted by Crippen LogP contribution is -2.16. The first-order valence-corrected chi connectivity index (χ1v) is 5.81. The van der Waals surface area contributed by atoms with E-state index in [1.807, 2.05) is 0 Å². The minimum absolute atomic E-state index is 0. The van der Waals surface area contributed by atoms with Gasteiger partial charge >= 0.3 is 5.97 Å². The van der Waals surface area contributed by atoms with Crippen LogP contribution in [-0.4, -0.2) is 32.8 Å². The molecule has 1 heterocycles. The van der Waals surface area contributed by atoms with E-state index in [2.05, 4.69) is 5.32 Å². The zero-order chi connectivity index (χ0) is 12.1. The highest BCUT2D eigenvalue weighted by Crippen LogP contribution is 2.13. The van der Waals surface area contributed by atoms with Crippen LogP contribution < -0.4 is 10.1 Å². The average Bonchev–Trinajstić information content (AvgIpc) is 2.89. The van der Waals surface area contributed by atoms with Crippen molar-refractivity contribution >= 4 is 18.4 Å². The van der Waals surface area contributed by atoms with E-state index in [-0.39, 0.29) is 18.4 Å². The molecule has 5 heteroatoms. The predicted molar refractivity (Wildman–Crippen MR) is 71.5 cm³/mol. The standard InChI is InChI=1S/C13H17NO3.ClH/c1-16-12-4-2-11(3-5-12)13(15)17-9-10-6-7-14-8-10;/h2-5,10,14H,6-9H2,1H3;1H. The van der Waals surface area contributed by atoms with E-state index in [0.717, 1.165) is 25.3 Å². The Balaban J connectivity index is 0.00000162. The first-order chi connectivity index (χ1) is 8.29. The van der Waals surface area contributed by atoms with Crippen LogP contribution in [0.2, 0.25) is 0 Å². The van der Waals surface area contributed by atoms with Crippen molar-refractivity contribution in [2.45, 2.75) is 6.42 Å². The Morgan fingerprint density at radius 1 is 1.39 bits per heavy atom. The Hall–Kier alpha value is -1.26. The van der Waals surface area contributed by atoms with Crippen LogP contribution in [0.4, 0.5) is 0 Å². The molecule has 0 saturated carbocycles. The van der Waals surface area contributed by atoms with Gasteiger partial charge in [0.25, 0.3) is 0 Å². The van der Waals surface area contributed by atoms with Gasteiger partial charge in [-0.15, -0.1) is 12.4 Å². The number of carbonyl (C=O) groups excluding carboxylic acids is 1. The lowest BCUT2D eigenvalue weighted by atomic mass is 10.1. The molecule has 1 aliphatic rings. The Kier molecular flexibility index (Phi) is 5.95. The van der Waals surface area contributed by atoms with Crippen LogP contribution in [0.5, 0.6) is 5.75 Å². The van der Waals surface area contributed by atoms with Gasteiger partial charge in [-0.2, -0.15) is 0 Å². The summed E-state index contributed by atoms with van der Waals surface area (Å²) < 4.78 is 10.3. The van der Waals surface area contributed by atoms with Crippen LogP contribution in [-0.2, 0) is 4.74 Å². The Morgan fingerprint density at radius 3 is 2.67 bits per heavy atom. The fourth-order valence-corrected chi connectivity index (χ4v) is 1.86. The van der Waals surface area contributed by atoms with Crippen LogP contribution in [0, 0.1) is 5.92 Å². The Labute approximate surface area is 113 Å². The molecule has 2 rings (SSSR count). The molecule has 0 amide bonds. The van der Waals surface area contributed by atoms with Gasteiger partial charge in [-0.25, -0.2) is 4.79 Å². The van der Waals surface area contributed by atoms with Crippen molar-refractivity contribution in [2.75, 3.05) is 26.8 Å². The van der Waals surface area contributed by atoms with Crippen LogP contribution in [0.3, 0.4) is 0 Å². The molecule has 1 aromatic carbocycles. The number of ether oxygens (including phenoxy) is 2. The van der Waals surface area contributed by atoms with Crippen LogP contribution in [0.15, 0.2) is 24.3 Å². The van der Waals surface area contributed by atoms with Crippen molar-refractivity contribution in [3.63, 3.8) is 0 Å². The molecule has 4 nitrogen and oxygen atoms in total. The molecule has 0 radical (unpaired) electrons. The molecular formula is C13H18ClNO3. The predicted octanol–water partition coefficient (Wildman–Crippen LogP) is 1.88. The molecule has 1 aliphatic heterocycles. The van der Waals surface area contributed by atoms with E-state index in [1.165, 1.54) is 0 Å². The first-order valence-electron chi connectivity index (χ1n) is 5.81. The van der Waals surface area contributed by atoms with Gasteiger partial charge < -0.3 is 14.8 Å². The smallest absolute Gasteiger partial charge is 0.338 e. The monoisotopic (exact) mass is 271 g/mol. The van der Waals surface area contributed by atoms with E-state index >= 15 is 0 Å². The third-order valence-electron chi connectivity index (χ3n) is 2.94. The van der Waals surface area contributed by atoms with Gasteiger partial charge in [-0.3, -0.25) is 0 Å². The summed E-state index contributed by atoms with van der Waals surface area (Å²) in [6.07, 6.45) is 1.08. The minimum Gasteiger partial charge on any atom is -0.497 e. The van der Waals surface area contributed by atoms with E-state index in [1.54, 1.807) is 31.4 Å². The van der Waals surface area contributed by atoms with Crippen molar-refractivity contribution in [2.24, 2.45) is 5.92 Å². The zero-order valence-electron chi connectivity index (χ0n) is 10.3. The van der Waals surface area contributed by atoms with Crippen molar-refractivity contribution in [1.29, 1.82) is 0 Å². The fourth-order valence-electron chi connectivity index (χ4n) is 1.86. The van der Waals surface area contributed by atoms with E-state index in [9.17, 15) is 4.79 Å². The van der Waals surface area contributed by atoms with Crippen LogP contribution >= 0.6 is 12.4 Å². The highest BCUT2D eigenvalue weighted by molar-refractivity contribution is 5.89. The number of methoxy groups -OCH3 is 1. The van der Waals surface area contributed by atoms with Gasteiger partial charge in [-0.05, 0) is 37.2 Å². The van der Waals surface area contributed by atoms with Crippen molar-refractivity contribution < 1.29 is 14.3 Å². The number of esters is 1. The second-order valence-corrected chi connectivity index (χ2v) is 4.19. The van der Waals surface area contributed by atoms with Crippen LogP contribution in [0.25, 0.3) is 0 Å². The number of nitrogens with one attached hydrogen (secondary N) is 1. The SMILES string of the molecule is COc1ccc(C(=O)OCC2CCNC2)cc1.Cl. The van der Waals surface area contributed by atoms with E-state index in [4.69, 9.17) is 9.47 Å². The zero-order valence-corrected chi connectivity index (χ0v) is 11.2. The average molecular weight is 272 g/mol. The quantitative estimate of drug-likeness (QED) is 0.850. The van der Waals surface area contributed by atoms with Crippen LogP contribution in [0.1, 0.15) is 16.8 Å². The second-order valence-electron chi connectivity index (χ2n) is 4.19. The molecule has 1 atom stereocenters. The number of halogens is 1. The summed E-state index contributed by atoms with van der Waals surface area (Å²) in [4.78, 5) is 11.7. The summed E-state index contributed by atoms with van der Waals surface area (Å²) in [6.45, 7) is 2.46. The molecule has 1 unspecified atom stereocenters. The van der Waals surface area contributed by atoms with Gasteiger partial charge in [0, 0.05) is 12.5 Å². The maximum Gasteiger partial charge on any atom is 0.338 e. The lowest BCUT2D eigenvalue weighted by molar-refractivity contribution is 0.0450. The summed E-state index contributed by atoms with van der Waals surface area (Å²) >= 11 is 0. The summed E-state index contributed by atoms with van der Waals surface area (Å²) in [7, 11) is 1.60. The third-order valence-corrected chi connectivity index (χ3v) is 2.94. The second kappa shape index (κ2) is 7.24. The number of benzene rings is 1. The molecule has 1 saturated heterocycles. The molecule has 0 spiro atoms. The largest absolute Gasteiger partial charge is 0.497 e. The lowest BCUT2D eigenvalue weighted by Gasteiger charge is -2.09. The molecule has 1 aromatic rings. The summed E-state index contributed by atoms with van der Waals surface area (Å²) in [5.74, 6) is 0.929. The fraction of sp³-hybridized carbons (Fsp3) is 0.462.